The molecular weight excluding hydrogens is 685 g/mol. The second-order valence-corrected chi connectivity index (χ2v) is 15.5. The van der Waals surface area contributed by atoms with E-state index in [1.54, 1.807) is 51.2 Å². The molecule has 3 aliphatic heterocycles. The molecule has 0 spiro atoms. The van der Waals surface area contributed by atoms with Crippen LogP contribution in [0.1, 0.15) is 92.9 Å². The fourth-order valence-electron chi connectivity index (χ4n) is 6.76. The van der Waals surface area contributed by atoms with Crippen molar-refractivity contribution in [2.45, 2.75) is 147 Å². The molecule has 52 heavy (non-hydrogen) atoms. The smallest absolute Gasteiger partial charge is 0.410 e. The summed E-state index contributed by atoms with van der Waals surface area (Å²) >= 11 is 0. The molecule has 11 nitrogen and oxygen atoms in total. The van der Waals surface area contributed by atoms with E-state index in [4.69, 9.17) is 14.2 Å². The van der Waals surface area contributed by atoms with Crippen LogP contribution in [0.25, 0.3) is 0 Å². The number of nitrogens with zero attached hydrogens (tertiary/aromatic N) is 2. The zero-order chi connectivity index (χ0) is 38.9. The summed E-state index contributed by atoms with van der Waals surface area (Å²) in [5.74, 6) is -0.966. The lowest BCUT2D eigenvalue weighted by Crippen LogP contribution is -2.51. The minimum absolute atomic E-state index is 0.00866. The Morgan fingerprint density at radius 2 is 1.87 bits per heavy atom. The summed E-state index contributed by atoms with van der Waals surface area (Å²) in [7, 11) is 0. The summed E-state index contributed by atoms with van der Waals surface area (Å²) in [5.41, 5.74) is -2.12. The number of ether oxygens (including phenoxy) is 3. The van der Waals surface area contributed by atoms with Crippen LogP contribution in [0.3, 0.4) is 0 Å². The third kappa shape index (κ3) is 14.7. The molecule has 1 amide bonds. The van der Waals surface area contributed by atoms with Gasteiger partial charge in [-0.05, 0) is 77.0 Å². The number of allylic oxidation sites excluding steroid dienone is 2. The summed E-state index contributed by atoms with van der Waals surface area (Å²) in [4.78, 5) is 29.4. The molecule has 9 unspecified atom stereocenters. The van der Waals surface area contributed by atoms with Gasteiger partial charge in [-0.25, -0.2) is 4.79 Å². The lowest BCUT2D eigenvalue weighted by atomic mass is 9.88. The number of aliphatic hydroxyl groups excluding tert-OH is 2. The maximum Gasteiger partial charge on any atom is 0.410 e. The van der Waals surface area contributed by atoms with E-state index in [-0.39, 0.29) is 69.5 Å². The van der Waals surface area contributed by atoms with Gasteiger partial charge >= 0.3 is 18.2 Å². The highest BCUT2D eigenvalue weighted by Crippen LogP contribution is 2.36. The van der Waals surface area contributed by atoms with Crippen molar-refractivity contribution in [1.82, 2.24) is 9.80 Å². The van der Waals surface area contributed by atoms with E-state index in [0.29, 0.717) is 31.5 Å². The number of amides is 1. The number of carbonyl (C=O) groups is 2. The maximum atomic E-state index is 13.2. The van der Waals surface area contributed by atoms with Gasteiger partial charge in [-0.2, -0.15) is 13.2 Å². The lowest BCUT2D eigenvalue weighted by molar-refractivity contribution is -0.151. The summed E-state index contributed by atoms with van der Waals surface area (Å²) in [6.45, 7) is 12.3. The van der Waals surface area contributed by atoms with Crippen LogP contribution in [0, 0.1) is 11.8 Å². The van der Waals surface area contributed by atoms with Crippen molar-refractivity contribution in [1.29, 1.82) is 0 Å². The standard InChI is InChI=1S/C38H61F3N2O9/c1-7-29(45)27(4)22-30-31(50-30)24-36(5,48)14-8-10-25(2)34-26(3)11-12-32(37(6,49)16-13-28(44)23-33(46)52-34)51-35(47)43-20-18-42(19-21-43)17-9-15-38(39,40)41/h8,10-12,14,26-32,34,44-45,48-49H,7,9,13,15-24H2,1-6H3/b12-11+,14-8+,25-10+/t26?,27?,28?,29?,30?,31?,32?,34?,36?,37-/m0/s1. The molecule has 2 saturated heterocycles. The molecule has 3 aliphatic rings. The first kappa shape index (κ1) is 43.9. The fraction of sp³-hybridized carbons (Fsp3) is 0.789. The van der Waals surface area contributed by atoms with E-state index in [0.717, 1.165) is 6.42 Å². The molecule has 10 atom stereocenters. The van der Waals surface area contributed by atoms with Crippen LogP contribution in [0.15, 0.2) is 36.0 Å². The highest BCUT2D eigenvalue weighted by molar-refractivity contribution is 5.70. The number of piperazine rings is 1. The van der Waals surface area contributed by atoms with Crippen LogP contribution in [-0.4, -0.2) is 129 Å². The van der Waals surface area contributed by atoms with E-state index in [2.05, 4.69) is 0 Å². The monoisotopic (exact) mass is 746 g/mol. The van der Waals surface area contributed by atoms with Crippen LogP contribution in [0.2, 0.25) is 0 Å². The first-order chi connectivity index (χ1) is 24.2. The Balaban J connectivity index is 1.67. The third-order valence-corrected chi connectivity index (χ3v) is 10.4. The Morgan fingerprint density at radius 1 is 1.19 bits per heavy atom. The first-order valence-electron chi connectivity index (χ1n) is 18.6. The number of esters is 1. The van der Waals surface area contributed by atoms with Gasteiger partial charge in [-0.1, -0.05) is 45.1 Å². The molecule has 0 aliphatic carbocycles. The molecule has 14 heteroatoms. The van der Waals surface area contributed by atoms with Crippen molar-refractivity contribution in [2.24, 2.45) is 11.8 Å². The number of epoxide rings is 1. The van der Waals surface area contributed by atoms with Gasteiger partial charge < -0.3 is 39.5 Å². The molecule has 2 fully saturated rings. The fourth-order valence-corrected chi connectivity index (χ4v) is 6.76. The predicted molar refractivity (Wildman–Crippen MR) is 189 cm³/mol. The number of carbonyl (C=O) groups excluding carboxylic acids is 2. The molecule has 3 rings (SSSR count). The van der Waals surface area contributed by atoms with Crippen molar-refractivity contribution >= 4 is 12.1 Å². The SMILES string of the molecule is CCC(O)C(C)CC1OC1CC(C)(O)/C=C/C=C(\C)C1OC(=O)CC(O)CC[C@](C)(O)C(OC(=O)N2CCN(CCCC(F)(F)F)CC2)/C=C/C1C. The minimum atomic E-state index is -4.21. The average molecular weight is 747 g/mol. The van der Waals surface area contributed by atoms with E-state index < -0.39 is 60.1 Å². The Labute approximate surface area is 306 Å². The normalized spacial score (nSPS) is 33.0. The van der Waals surface area contributed by atoms with Gasteiger partial charge in [0.05, 0.1) is 36.4 Å². The quantitative estimate of drug-likeness (QED) is 0.0872. The summed E-state index contributed by atoms with van der Waals surface area (Å²) < 4.78 is 55.0. The molecule has 298 valence electrons. The third-order valence-electron chi connectivity index (χ3n) is 10.4. The van der Waals surface area contributed by atoms with Gasteiger partial charge in [0, 0.05) is 44.9 Å². The highest BCUT2D eigenvalue weighted by atomic mass is 19.4. The van der Waals surface area contributed by atoms with Crippen LogP contribution >= 0.6 is 0 Å². The first-order valence-corrected chi connectivity index (χ1v) is 18.6. The van der Waals surface area contributed by atoms with Gasteiger partial charge in [0.15, 0.2) is 6.10 Å². The van der Waals surface area contributed by atoms with Gasteiger partial charge in [-0.3, -0.25) is 9.69 Å². The van der Waals surface area contributed by atoms with Crippen molar-refractivity contribution < 1.29 is 57.4 Å². The van der Waals surface area contributed by atoms with Crippen LogP contribution in [-0.2, 0) is 19.0 Å². The van der Waals surface area contributed by atoms with Gasteiger partial charge in [0.1, 0.15) is 11.7 Å². The zero-order valence-electron chi connectivity index (χ0n) is 31.6. The Hall–Kier alpha value is -2.49. The van der Waals surface area contributed by atoms with Crippen molar-refractivity contribution in [3.63, 3.8) is 0 Å². The molecule has 4 N–H and O–H groups in total. The largest absolute Gasteiger partial charge is 0.457 e. The van der Waals surface area contributed by atoms with E-state index in [1.165, 1.54) is 11.8 Å². The lowest BCUT2D eigenvalue weighted by Gasteiger charge is -2.37. The molecule has 0 radical (unpaired) electrons. The number of hydrogen-bond acceptors (Lipinski definition) is 10. The number of cyclic esters (lactones) is 1. The van der Waals surface area contributed by atoms with Gasteiger partial charge in [-0.15, -0.1) is 0 Å². The van der Waals surface area contributed by atoms with Crippen LogP contribution in [0.5, 0.6) is 0 Å². The van der Waals surface area contributed by atoms with Crippen molar-refractivity contribution in [3.05, 3.63) is 36.0 Å². The second-order valence-electron chi connectivity index (χ2n) is 15.5. The number of alkyl halides is 3. The molecule has 0 aromatic heterocycles. The van der Waals surface area contributed by atoms with Crippen LogP contribution < -0.4 is 0 Å². The number of rotatable bonds is 13. The zero-order valence-corrected chi connectivity index (χ0v) is 31.6. The molecule has 3 heterocycles. The Morgan fingerprint density at radius 3 is 2.50 bits per heavy atom. The average Bonchev–Trinajstić information content (AvgIpc) is 3.78. The summed E-state index contributed by atoms with van der Waals surface area (Å²) in [6.07, 6.45) is 0.614. The number of halogens is 3. The minimum Gasteiger partial charge on any atom is -0.457 e. The van der Waals surface area contributed by atoms with Gasteiger partial charge in [0.25, 0.3) is 0 Å². The molecule has 0 saturated carbocycles. The topological polar surface area (TPSA) is 153 Å². The maximum absolute atomic E-state index is 13.2. The number of aliphatic hydroxyl groups is 4. The molecule has 0 aromatic rings. The second kappa shape index (κ2) is 19.2. The van der Waals surface area contributed by atoms with Crippen molar-refractivity contribution in [2.75, 3.05) is 32.7 Å². The van der Waals surface area contributed by atoms with E-state index in [9.17, 15) is 43.2 Å². The molecular formula is C38H61F3N2O9. The molecule has 0 aromatic carbocycles. The van der Waals surface area contributed by atoms with Crippen molar-refractivity contribution in [3.8, 4) is 0 Å². The van der Waals surface area contributed by atoms with E-state index in [1.807, 2.05) is 18.7 Å². The summed E-state index contributed by atoms with van der Waals surface area (Å²) in [5, 5.41) is 43.1. The van der Waals surface area contributed by atoms with Crippen LogP contribution in [0.4, 0.5) is 18.0 Å². The number of hydrogen-bond donors (Lipinski definition) is 4. The summed E-state index contributed by atoms with van der Waals surface area (Å²) in [6, 6.07) is 0. The van der Waals surface area contributed by atoms with E-state index >= 15 is 0 Å². The predicted octanol–water partition coefficient (Wildman–Crippen LogP) is 5.06. The Kier molecular flexibility index (Phi) is 16.2. The molecule has 0 bridgehead atoms. The van der Waals surface area contributed by atoms with Gasteiger partial charge in [0.2, 0.25) is 0 Å². The Bertz CT molecular complexity index is 1250. The highest BCUT2D eigenvalue weighted by Gasteiger charge is 2.43.